The van der Waals surface area contributed by atoms with E-state index in [2.05, 4.69) is 27.6 Å². The Balaban J connectivity index is 1.95. The Kier molecular flexibility index (Phi) is 3.56. The first kappa shape index (κ1) is 13.3. The van der Waals surface area contributed by atoms with Crippen LogP contribution in [-0.4, -0.2) is 15.3 Å². The van der Waals surface area contributed by atoms with E-state index in [-0.39, 0.29) is 5.78 Å². The van der Waals surface area contributed by atoms with Gasteiger partial charge >= 0.3 is 0 Å². The molecule has 0 bridgehead atoms. The molecule has 0 saturated carbocycles. The lowest BCUT2D eigenvalue weighted by Gasteiger charge is -2.06. The summed E-state index contributed by atoms with van der Waals surface area (Å²) in [6.45, 7) is 2.26. The number of rotatable bonds is 3. The summed E-state index contributed by atoms with van der Waals surface area (Å²) in [5.41, 5.74) is 2.67. The summed E-state index contributed by atoms with van der Waals surface area (Å²) < 4.78 is 3.10. The van der Waals surface area contributed by atoms with Crippen LogP contribution in [0.1, 0.15) is 16.2 Å². The molecule has 0 fully saturated rings. The molecular weight excluding hydrogens is 363 g/mol. The van der Waals surface area contributed by atoms with E-state index in [1.165, 1.54) is 0 Å². The fourth-order valence-electron chi connectivity index (χ4n) is 2.27. The fraction of sp³-hybridized carbons (Fsp3) is 0.125. The molecule has 0 aliphatic heterocycles. The summed E-state index contributed by atoms with van der Waals surface area (Å²) in [7, 11) is 0. The van der Waals surface area contributed by atoms with Gasteiger partial charge in [-0.3, -0.25) is 4.79 Å². The lowest BCUT2D eigenvalue weighted by Crippen LogP contribution is -2.11. The Morgan fingerprint density at radius 3 is 2.60 bits per heavy atom. The van der Waals surface area contributed by atoms with Crippen LogP contribution in [0.4, 0.5) is 0 Å². The average Bonchev–Trinajstić information content (AvgIpc) is 2.76. The number of benzene rings is 2. The third-order valence-electron chi connectivity index (χ3n) is 3.31. The van der Waals surface area contributed by atoms with Crippen molar-refractivity contribution >= 4 is 39.4 Å². The van der Waals surface area contributed by atoms with Crippen molar-refractivity contribution in [1.82, 2.24) is 9.55 Å². The molecule has 0 unspecified atom stereocenters. The van der Waals surface area contributed by atoms with Gasteiger partial charge in [-0.2, -0.15) is 0 Å². The second kappa shape index (κ2) is 5.36. The van der Waals surface area contributed by atoms with E-state index in [1.54, 1.807) is 0 Å². The molecule has 3 aromatic rings. The molecule has 0 aliphatic rings. The minimum Gasteiger partial charge on any atom is -0.320 e. The number of carbonyl (C=O) groups is 1. The lowest BCUT2D eigenvalue weighted by molar-refractivity contribution is 0.0972. The van der Waals surface area contributed by atoms with Gasteiger partial charge in [0.25, 0.3) is 0 Å². The zero-order valence-electron chi connectivity index (χ0n) is 11.0. The van der Waals surface area contributed by atoms with E-state index in [0.717, 1.165) is 26.0 Å². The van der Waals surface area contributed by atoms with Crippen molar-refractivity contribution in [2.75, 3.05) is 0 Å². The number of hydrogen-bond acceptors (Lipinski definition) is 2. The molecule has 0 spiro atoms. The van der Waals surface area contributed by atoms with Gasteiger partial charge in [0.2, 0.25) is 0 Å². The molecule has 20 heavy (non-hydrogen) atoms. The maximum absolute atomic E-state index is 12.4. The summed E-state index contributed by atoms with van der Waals surface area (Å²) in [5.74, 6) is 0.970. The zero-order chi connectivity index (χ0) is 14.1. The minimum absolute atomic E-state index is 0.104. The predicted molar refractivity (Wildman–Crippen MR) is 88.0 cm³/mol. The zero-order valence-corrected chi connectivity index (χ0v) is 13.2. The third-order valence-corrected chi connectivity index (χ3v) is 4.03. The molecule has 0 atom stereocenters. The summed E-state index contributed by atoms with van der Waals surface area (Å²) in [6, 6.07) is 15.5. The van der Waals surface area contributed by atoms with Gasteiger partial charge in [-0.25, -0.2) is 4.98 Å². The fourth-order valence-corrected chi connectivity index (χ4v) is 2.63. The molecule has 1 aromatic heterocycles. The molecule has 0 aliphatic carbocycles. The molecule has 0 saturated heterocycles. The molecule has 0 N–H and O–H groups in total. The molecule has 0 radical (unpaired) electrons. The maximum atomic E-state index is 12.4. The Bertz CT molecular complexity index is 775. The average molecular weight is 376 g/mol. The highest BCUT2D eigenvalue weighted by Gasteiger charge is 2.12. The van der Waals surface area contributed by atoms with E-state index in [0.29, 0.717) is 6.54 Å². The smallest absolute Gasteiger partial charge is 0.182 e. The highest BCUT2D eigenvalue weighted by atomic mass is 127. The van der Waals surface area contributed by atoms with Crippen molar-refractivity contribution in [1.29, 1.82) is 0 Å². The Morgan fingerprint density at radius 2 is 1.85 bits per heavy atom. The molecule has 2 aromatic carbocycles. The van der Waals surface area contributed by atoms with E-state index in [1.807, 2.05) is 60.0 Å². The first-order valence-corrected chi connectivity index (χ1v) is 7.43. The minimum atomic E-state index is 0.104. The van der Waals surface area contributed by atoms with Crippen LogP contribution in [0.15, 0.2) is 48.5 Å². The van der Waals surface area contributed by atoms with Crippen molar-refractivity contribution in [2.24, 2.45) is 0 Å². The normalized spacial score (nSPS) is 10.9. The van der Waals surface area contributed by atoms with Crippen molar-refractivity contribution in [2.45, 2.75) is 13.5 Å². The number of halogens is 1. The predicted octanol–water partition coefficient (Wildman–Crippen LogP) is 3.83. The van der Waals surface area contributed by atoms with Gasteiger partial charge < -0.3 is 4.57 Å². The Labute approximate surface area is 130 Å². The van der Waals surface area contributed by atoms with Gasteiger partial charge in [-0.15, -0.1) is 0 Å². The molecule has 3 nitrogen and oxygen atoms in total. The number of imidazole rings is 1. The maximum Gasteiger partial charge on any atom is 0.182 e. The van der Waals surface area contributed by atoms with Crippen LogP contribution in [0.5, 0.6) is 0 Å². The summed E-state index contributed by atoms with van der Waals surface area (Å²) in [5, 5.41) is 0. The number of carbonyl (C=O) groups excluding carboxylic acids is 1. The largest absolute Gasteiger partial charge is 0.320 e. The van der Waals surface area contributed by atoms with E-state index >= 15 is 0 Å². The highest BCUT2D eigenvalue weighted by Crippen LogP contribution is 2.16. The Morgan fingerprint density at radius 1 is 1.15 bits per heavy atom. The van der Waals surface area contributed by atoms with Crippen LogP contribution >= 0.6 is 22.6 Å². The van der Waals surface area contributed by atoms with Gasteiger partial charge in [0.15, 0.2) is 5.78 Å². The van der Waals surface area contributed by atoms with Gasteiger partial charge in [0, 0.05) is 9.13 Å². The first-order chi connectivity index (χ1) is 9.65. The topological polar surface area (TPSA) is 34.9 Å². The Hall–Kier alpha value is -1.69. The van der Waals surface area contributed by atoms with Crippen molar-refractivity contribution in [3.8, 4) is 0 Å². The molecule has 0 amide bonds. The number of aryl methyl sites for hydroxylation is 1. The summed E-state index contributed by atoms with van der Waals surface area (Å²) >= 11 is 2.23. The van der Waals surface area contributed by atoms with Crippen molar-refractivity contribution < 1.29 is 4.79 Å². The van der Waals surface area contributed by atoms with Crippen LogP contribution < -0.4 is 0 Å². The molecule has 100 valence electrons. The van der Waals surface area contributed by atoms with Crippen molar-refractivity contribution in [3.63, 3.8) is 0 Å². The van der Waals surface area contributed by atoms with Crippen molar-refractivity contribution in [3.05, 3.63) is 63.5 Å². The number of para-hydroxylation sites is 2. The molecule has 4 heteroatoms. The third kappa shape index (κ3) is 2.47. The number of nitrogens with zero attached hydrogens (tertiary/aromatic N) is 2. The van der Waals surface area contributed by atoms with Crippen LogP contribution in [-0.2, 0) is 6.54 Å². The second-order valence-electron chi connectivity index (χ2n) is 4.66. The standard InChI is InChI=1S/C16H13IN2O/c1-11-18-14-4-2-3-5-15(14)19(11)10-16(20)12-6-8-13(17)9-7-12/h2-9H,10H2,1H3. The summed E-state index contributed by atoms with van der Waals surface area (Å²) in [6.07, 6.45) is 0. The second-order valence-corrected chi connectivity index (χ2v) is 5.91. The van der Waals surface area contributed by atoms with Crippen LogP contribution in [0.3, 0.4) is 0 Å². The molecule has 3 rings (SSSR count). The van der Waals surface area contributed by atoms with E-state index < -0.39 is 0 Å². The monoisotopic (exact) mass is 376 g/mol. The number of hydrogen-bond donors (Lipinski definition) is 0. The van der Waals surface area contributed by atoms with E-state index in [9.17, 15) is 4.79 Å². The van der Waals surface area contributed by atoms with Gasteiger partial charge in [0.1, 0.15) is 5.82 Å². The highest BCUT2D eigenvalue weighted by molar-refractivity contribution is 14.1. The first-order valence-electron chi connectivity index (χ1n) is 6.36. The summed E-state index contributed by atoms with van der Waals surface area (Å²) in [4.78, 5) is 16.9. The molecular formula is C16H13IN2O. The number of ketones is 1. The number of fused-ring (bicyclic) bond motifs is 1. The van der Waals surface area contributed by atoms with Crippen LogP contribution in [0.25, 0.3) is 11.0 Å². The van der Waals surface area contributed by atoms with Crippen LogP contribution in [0.2, 0.25) is 0 Å². The SMILES string of the molecule is Cc1nc2ccccc2n1CC(=O)c1ccc(I)cc1. The lowest BCUT2D eigenvalue weighted by atomic mass is 10.1. The van der Waals surface area contributed by atoms with E-state index in [4.69, 9.17) is 0 Å². The molecule has 1 heterocycles. The number of aromatic nitrogens is 2. The van der Waals surface area contributed by atoms with Crippen LogP contribution in [0, 0.1) is 10.5 Å². The number of Topliss-reactive ketones (excluding diaryl/α,β-unsaturated/α-hetero) is 1. The quantitative estimate of drug-likeness (QED) is 0.515. The van der Waals surface area contributed by atoms with Gasteiger partial charge in [-0.05, 0) is 53.8 Å². The van der Waals surface area contributed by atoms with Gasteiger partial charge in [0.05, 0.1) is 17.6 Å². The van der Waals surface area contributed by atoms with Gasteiger partial charge in [-0.1, -0.05) is 24.3 Å².